The van der Waals surface area contributed by atoms with Gasteiger partial charge in [0.2, 0.25) is 0 Å². The molecule has 0 heterocycles. The standard InChI is InChI=1S/C4H6O5.K.Rh.H/c5-2(4(8)9)1-3(6)7;;;/h2,5H,1H2,(H,6,7)(H,8,9);;;. The van der Waals surface area contributed by atoms with E-state index in [1.165, 1.54) is 0 Å². The van der Waals surface area contributed by atoms with E-state index in [4.69, 9.17) is 15.3 Å². The quantitative estimate of drug-likeness (QED) is 0.532. The van der Waals surface area contributed by atoms with Crippen molar-refractivity contribution in [1.29, 1.82) is 0 Å². The van der Waals surface area contributed by atoms with Gasteiger partial charge in [0, 0.05) is 19.5 Å². The zero-order chi connectivity index (χ0) is 7.44. The molecule has 0 aliphatic heterocycles. The predicted octanol–water partition coefficient (Wildman–Crippen LogP) is -1.74. The van der Waals surface area contributed by atoms with E-state index < -0.39 is 24.5 Å². The van der Waals surface area contributed by atoms with Gasteiger partial charge in [0.1, 0.15) is 0 Å². The average Bonchev–Trinajstić information content (AvgIpc) is 1.63. The Morgan fingerprint density at radius 2 is 1.64 bits per heavy atom. The molecule has 1 atom stereocenters. The Kier molecular flexibility index (Phi) is 15.2. The van der Waals surface area contributed by atoms with Crippen LogP contribution >= 0.6 is 0 Å². The Balaban J connectivity index is -0.000000320. The van der Waals surface area contributed by atoms with Gasteiger partial charge in [-0.05, 0) is 0 Å². The number of carboxylic acid groups (broad SMARTS) is 2. The molecule has 1 unspecified atom stereocenters. The molecule has 0 saturated carbocycles. The zero-order valence-corrected chi connectivity index (χ0v) is 6.41. The summed E-state index contributed by atoms with van der Waals surface area (Å²) < 4.78 is 0. The van der Waals surface area contributed by atoms with Crippen LogP contribution in [0.5, 0.6) is 0 Å². The third-order valence-electron chi connectivity index (χ3n) is 0.653. The summed E-state index contributed by atoms with van der Waals surface area (Å²) in [5, 5.41) is 24.1. The fourth-order valence-electron chi connectivity index (χ4n) is 0.253. The molecule has 0 aromatic heterocycles. The first-order valence-electron chi connectivity index (χ1n) is 2.16. The van der Waals surface area contributed by atoms with Crippen molar-refractivity contribution in [1.82, 2.24) is 0 Å². The van der Waals surface area contributed by atoms with Crippen molar-refractivity contribution in [3.63, 3.8) is 0 Å². The van der Waals surface area contributed by atoms with E-state index in [2.05, 4.69) is 0 Å². The smallest absolute Gasteiger partial charge is 0 e. The second kappa shape index (κ2) is 9.25. The molecule has 63 valence electrons. The predicted molar refractivity (Wildman–Crippen MR) is 33.0 cm³/mol. The first-order chi connectivity index (χ1) is 4.04. The fourth-order valence-corrected chi connectivity index (χ4v) is 0.253. The van der Waals surface area contributed by atoms with Crippen LogP contribution in [0.1, 0.15) is 6.42 Å². The molecular formula is C4H7KO5Rh. The minimum atomic E-state index is -1.79. The number of carbonyl (C=O) groups is 2. The van der Waals surface area contributed by atoms with Gasteiger partial charge in [-0.25, -0.2) is 4.79 Å². The molecule has 1 radical (unpaired) electrons. The molecule has 3 N–H and O–H groups in total. The van der Waals surface area contributed by atoms with Crippen molar-refractivity contribution in [3.8, 4) is 0 Å². The number of aliphatic carboxylic acids is 2. The summed E-state index contributed by atoms with van der Waals surface area (Å²) in [5.41, 5.74) is 0. The maximum atomic E-state index is 9.72. The number of carboxylic acids is 2. The molecule has 0 aromatic rings. The number of rotatable bonds is 3. The van der Waals surface area contributed by atoms with Crippen molar-refractivity contribution in [3.05, 3.63) is 0 Å². The molecule has 11 heavy (non-hydrogen) atoms. The van der Waals surface area contributed by atoms with E-state index in [1.807, 2.05) is 0 Å². The van der Waals surface area contributed by atoms with E-state index in [9.17, 15) is 9.59 Å². The second-order valence-corrected chi connectivity index (χ2v) is 1.45. The van der Waals surface area contributed by atoms with Gasteiger partial charge < -0.3 is 15.3 Å². The Hall–Kier alpha value is 1.16. The van der Waals surface area contributed by atoms with Crippen LogP contribution in [0.15, 0.2) is 0 Å². The normalized spacial score (nSPS) is 10.3. The molecule has 5 nitrogen and oxygen atoms in total. The number of hydrogen-bond acceptors (Lipinski definition) is 3. The van der Waals surface area contributed by atoms with Crippen LogP contribution in [0.2, 0.25) is 0 Å². The van der Waals surface area contributed by atoms with E-state index in [0.717, 1.165) is 0 Å². The molecule has 0 spiro atoms. The Bertz CT molecular complexity index is 138. The van der Waals surface area contributed by atoms with E-state index in [-0.39, 0.29) is 70.9 Å². The Labute approximate surface area is 118 Å². The van der Waals surface area contributed by atoms with Gasteiger partial charge in [-0.15, -0.1) is 0 Å². The summed E-state index contributed by atoms with van der Waals surface area (Å²) in [4.78, 5) is 19.4. The van der Waals surface area contributed by atoms with E-state index in [1.54, 1.807) is 0 Å². The summed E-state index contributed by atoms with van der Waals surface area (Å²) in [6.45, 7) is 0. The van der Waals surface area contributed by atoms with Crippen LogP contribution in [0.3, 0.4) is 0 Å². The van der Waals surface area contributed by atoms with Gasteiger partial charge in [-0.2, -0.15) is 0 Å². The fraction of sp³-hybridized carbons (Fsp3) is 0.500. The maximum absolute atomic E-state index is 9.72. The zero-order valence-electron chi connectivity index (χ0n) is 4.78. The van der Waals surface area contributed by atoms with Crippen LogP contribution in [0, 0.1) is 0 Å². The van der Waals surface area contributed by atoms with Crippen molar-refractivity contribution in [2.24, 2.45) is 0 Å². The van der Waals surface area contributed by atoms with Crippen LogP contribution in [-0.2, 0) is 29.1 Å². The van der Waals surface area contributed by atoms with Gasteiger partial charge >= 0.3 is 63.3 Å². The molecule has 0 aliphatic rings. The van der Waals surface area contributed by atoms with Gasteiger partial charge in [0.05, 0.1) is 6.42 Å². The molecule has 0 bridgehead atoms. The molecule has 7 heteroatoms. The summed E-state index contributed by atoms with van der Waals surface area (Å²) in [6.07, 6.45) is -2.54. The Morgan fingerprint density at radius 3 is 1.73 bits per heavy atom. The third kappa shape index (κ3) is 11.2. The minimum absolute atomic E-state index is 0. The monoisotopic (exact) mass is 277 g/mol. The largest absolute Gasteiger partial charge is 0 e. The average molecular weight is 277 g/mol. The Morgan fingerprint density at radius 1 is 1.27 bits per heavy atom. The van der Waals surface area contributed by atoms with E-state index >= 15 is 0 Å². The third-order valence-corrected chi connectivity index (χ3v) is 0.653. The van der Waals surface area contributed by atoms with Crippen molar-refractivity contribution >= 4 is 63.3 Å². The van der Waals surface area contributed by atoms with Crippen molar-refractivity contribution in [2.45, 2.75) is 12.5 Å². The van der Waals surface area contributed by atoms with Gasteiger partial charge in [0.25, 0.3) is 0 Å². The molecule has 0 saturated heterocycles. The summed E-state index contributed by atoms with van der Waals surface area (Å²) in [6, 6.07) is 0. The van der Waals surface area contributed by atoms with Gasteiger partial charge in [0.15, 0.2) is 6.10 Å². The summed E-state index contributed by atoms with van der Waals surface area (Å²) >= 11 is 0. The molecular weight excluding hydrogens is 270 g/mol. The summed E-state index contributed by atoms with van der Waals surface area (Å²) in [5.74, 6) is -2.85. The molecule has 0 aromatic carbocycles. The molecule has 0 fully saturated rings. The van der Waals surface area contributed by atoms with Crippen molar-refractivity contribution < 1.29 is 44.4 Å². The van der Waals surface area contributed by atoms with Crippen LogP contribution in [-0.4, -0.2) is 84.7 Å². The number of hydrogen-bond donors (Lipinski definition) is 3. The van der Waals surface area contributed by atoms with Crippen LogP contribution < -0.4 is 0 Å². The first-order valence-corrected chi connectivity index (χ1v) is 2.16. The van der Waals surface area contributed by atoms with Gasteiger partial charge in [-0.1, -0.05) is 0 Å². The van der Waals surface area contributed by atoms with Crippen LogP contribution in [0.4, 0.5) is 0 Å². The summed E-state index contributed by atoms with van der Waals surface area (Å²) in [7, 11) is 0. The number of aliphatic hydroxyl groups is 1. The minimum Gasteiger partial charge on any atom is 0 e. The van der Waals surface area contributed by atoms with E-state index in [0.29, 0.717) is 0 Å². The maximum Gasteiger partial charge on any atom is 0 e. The first kappa shape index (κ1) is 18.0. The molecule has 0 rings (SSSR count). The SMILES string of the molecule is O=C(O)CC(O)C(=O)O.[KH].[Rh]. The van der Waals surface area contributed by atoms with Gasteiger partial charge in [-0.3, -0.25) is 4.79 Å². The number of aliphatic hydroxyl groups excluding tert-OH is 1. The molecule has 0 aliphatic carbocycles. The molecule has 0 amide bonds. The topological polar surface area (TPSA) is 94.8 Å². The second-order valence-electron chi connectivity index (χ2n) is 1.45. The van der Waals surface area contributed by atoms with Crippen molar-refractivity contribution in [2.75, 3.05) is 0 Å². The van der Waals surface area contributed by atoms with Crippen LogP contribution in [0.25, 0.3) is 0 Å².